The van der Waals surface area contributed by atoms with E-state index >= 15 is 0 Å². The normalized spacial score (nSPS) is 28.1. The van der Waals surface area contributed by atoms with Crippen molar-refractivity contribution < 1.29 is 52.6 Å². The van der Waals surface area contributed by atoms with E-state index in [1.807, 2.05) is 0 Å². The average molecular weight is 625 g/mol. The van der Waals surface area contributed by atoms with Crippen LogP contribution in [0.4, 0.5) is 10.6 Å². The van der Waals surface area contributed by atoms with Gasteiger partial charge in [0.15, 0.2) is 6.23 Å². The van der Waals surface area contributed by atoms with Gasteiger partial charge in [0.25, 0.3) is 0 Å². The molecule has 2 aromatic heterocycles. The van der Waals surface area contributed by atoms with Crippen molar-refractivity contribution in [3.63, 3.8) is 0 Å². The Morgan fingerprint density at radius 3 is 2.56 bits per heavy atom. The molecule has 7 unspecified atom stereocenters. The van der Waals surface area contributed by atoms with E-state index in [4.69, 9.17) is 41.5 Å². The largest absolute Gasteiger partial charge is 0.472 e. The highest BCUT2D eigenvalue weighted by atomic mass is 31.2. The number of ether oxygens (including phenoxy) is 2. The first-order chi connectivity index (χ1) is 20.1. The fourth-order valence-electron chi connectivity index (χ4n) is 5.27. The van der Waals surface area contributed by atoms with Crippen LogP contribution in [-0.2, 0) is 36.2 Å². The fourth-order valence-corrected chi connectivity index (χ4v) is 6.21. The van der Waals surface area contributed by atoms with E-state index in [1.165, 1.54) is 23.8 Å². The fraction of sp³-hybridized carbons (Fsp3) is 0.435. The number of fused-ring (bicyclic) bond motifs is 3. The van der Waals surface area contributed by atoms with E-state index in [0.29, 0.717) is 0 Å². The average Bonchev–Trinajstić information content (AvgIpc) is 3.52. The van der Waals surface area contributed by atoms with E-state index < -0.39 is 81.1 Å². The number of anilines is 1. The number of aliphatic hydroxyl groups excluding tert-OH is 2. The second-order valence-electron chi connectivity index (χ2n) is 10.0. The minimum Gasteiger partial charge on any atom is -0.445 e. The number of aromatic nitrogens is 3. The SMILES string of the molecule is CC1=C(N)C(=O)c2c(COC(N)=O)c3n(c2C1=O)CC(N)C3OP(=O)(O)OCC1OC(n2ccc(N)nc2=O)C(O)C1O. The molecule has 0 aromatic carbocycles. The lowest BCUT2D eigenvalue weighted by molar-refractivity contribution is -0.0563. The number of phosphoric acid groups is 1. The lowest BCUT2D eigenvalue weighted by Gasteiger charge is -2.23. The molecule has 7 atom stereocenters. The van der Waals surface area contributed by atoms with Gasteiger partial charge < -0.3 is 52.1 Å². The molecular formula is C23H28N7O12P. The van der Waals surface area contributed by atoms with Crippen molar-refractivity contribution in [2.75, 3.05) is 12.3 Å². The Labute approximate surface area is 241 Å². The van der Waals surface area contributed by atoms with Crippen molar-refractivity contribution >= 4 is 31.3 Å². The summed E-state index contributed by atoms with van der Waals surface area (Å²) in [6.45, 7) is -0.200. The van der Waals surface area contributed by atoms with Gasteiger partial charge in [-0.2, -0.15) is 4.98 Å². The summed E-state index contributed by atoms with van der Waals surface area (Å²) in [5.41, 5.74) is 21.0. The predicted octanol–water partition coefficient (Wildman–Crippen LogP) is -2.33. The van der Waals surface area contributed by atoms with Crippen molar-refractivity contribution in [2.24, 2.45) is 17.2 Å². The molecule has 5 rings (SSSR count). The summed E-state index contributed by atoms with van der Waals surface area (Å²) < 4.78 is 36.1. The number of carbonyl (C=O) groups excluding carboxylic acids is 3. The van der Waals surface area contributed by atoms with Crippen LogP contribution < -0.4 is 28.6 Å². The summed E-state index contributed by atoms with van der Waals surface area (Å²) >= 11 is 0. The number of nitrogen functional groups attached to an aromatic ring is 1. The molecule has 19 nitrogen and oxygen atoms in total. The van der Waals surface area contributed by atoms with Gasteiger partial charge in [0.2, 0.25) is 11.6 Å². The third kappa shape index (κ3) is 5.25. The first-order valence-corrected chi connectivity index (χ1v) is 14.1. The number of ketones is 2. The highest BCUT2D eigenvalue weighted by Gasteiger charge is 2.48. The van der Waals surface area contributed by atoms with Crippen LogP contribution in [0.15, 0.2) is 28.3 Å². The molecule has 1 aliphatic carbocycles. The number of amides is 1. The maximum atomic E-state index is 13.1. The summed E-state index contributed by atoms with van der Waals surface area (Å²) in [6.07, 6.45) is -7.63. The van der Waals surface area contributed by atoms with Crippen LogP contribution >= 0.6 is 7.82 Å². The second kappa shape index (κ2) is 11.0. The third-order valence-electron chi connectivity index (χ3n) is 7.36. The number of phosphoric ester groups is 1. The second-order valence-corrected chi connectivity index (χ2v) is 11.5. The molecule has 11 N–H and O–H groups in total. The van der Waals surface area contributed by atoms with Crippen LogP contribution in [0.3, 0.4) is 0 Å². The van der Waals surface area contributed by atoms with E-state index in [0.717, 1.165) is 4.57 Å². The van der Waals surface area contributed by atoms with Gasteiger partial charge in [0, 0.05) is 23.9 Å². The molecule has 2 aliphatic heterocycles. The van der Waals surface area contributed by atoms with Crippen molar-refractivity contribution in [3.05, 3.63) is 56.5 Å². The Balaban J connectivity index is 1.38. The number of nitrogens with two attached hydrogens (primary N) is 4. The van der Waals surface area contributed by atoms with Gasteiger partial charge >= 0.3 is 19.6 Å². The van der Waals surface area contributed by atoms with Crippen molar-refractivity contribution in [1.29, 1.82) is 0 Å². The summed E-state index contributed by atoms with van der Waals surface area (Å²) in [7, 11) is -5.06. The number of hydrogen-bond donors (Lipinski definition) is 7. The van der Waals surface area contributed by atoms with E-state index in [9.17, 15) is 38.8 Å². The molecular weight excluding hydrogens is 597 g/mol. The molecule has 0 bridgehead atoms. The van der Waals surface area contributed by atoms with Gasteiger partial charge in [-0.3, -0.25) is 23.2 Å². The molecule has 3 aliphatic rings. The molecule has 1 fully saturated rings. The van der Waals surface area contributed by atoms with Crippen LogP contribution in [0.2, 0.25) is 0 Å². The number of hydrogen-bond acceptors (Lipinski definition) is 15. The number of primary amides is 1. The van der Waals surface area contributed by atoms with Crippen molar-refractivity contribution in [3.8, 4) is 0 Å². The van der Waals surface area contributed by atoms with Crippen molar-refractivity contribution in [2.45, 2.75) is 56.8 Å². The van der Waals surface area contributed by atoms with Crippen molar-refractivity contribution in [1.82, 2.24) is 14.1 Å². The monoisotopic (exact) mass is 625 g/mol. The molecule has 2 aromatic rings. The first-order valence-electron chi connectivity index (χ1n) is 12.6. The lowest BCUT2D eigenvalue weighted by atomic mass is 9.89. The summed E-state index contributed by atoms with van der Waals surface area (Å²) in [5, 5.41) is 20.8. The minimum atomic E-state index is -5.06. The number of nitrogens with zero attached hydrogens (tertiary/aromatic N) is 3. The quantitative estimate of drug-likeness (QED) is 0.151. The number of aliphatic hydroxyl groups is 2. The predicted molar refractivity (Wildman–Crippen MR) is 141 cm³/mol. The van der Waals surface area contributed by atoms with Crippen LogP contribution in [-0.4, -0.2) is 77.8 Å². The van der Waals surface area contributed by atoms with Crippen LogP contribution in [0.25, 0.3) is 0 Å². The van der Waals surface area contributed by atoms with Gasteiger partial charge in [-0.25, -0.2) is 14.2 Å². The molecule has 1 saturated heterocycles. The standard InChI is InChI=1S/C23H28N7O12P/c1-7-13(26)18(33)12-8(5-39-22(27)35)14-20(9(24)4-30(14)15(12)16(7)31)42-43(37,38)40-6-10-17(32)19(34)21(41-10)29-3-2-11(25)28-23(29)36/h2-3,9-10,17,19-21,32,34H,4-6,24,26H2,1H3,(H2,27,35)(H,37,38)(H2,25,28,36). The first kappa shape index (κ1) is 30.5. The van der Waals surface area contributed by atoms with E-state index in [-0.39, 0.29) is 46.1 Å². The summed E-state index contributed by atoms with van der Waals surface area (Å²) in [5.74, 6) is -1.42. The van der Waals surface area contributed by atoms with E-state index in [1.54, 1.807) is 0 Å². The zero-order valence-electron chi connectivity index (χ0n) is 22.4. The molecule has 20 heteroatoms. The topological polar surface area (TPSA) is 310 Å². The highest BCUT2D eigenvalue weighted by Crippen LogP contribution is 2.52. The number of rotatable bonds is 8. The van der Waals surface area contributed by atoms with Gasteiger partial charge in [-0.15, -0.1) is 0 Å². The van der Waals surface area contributed by atoms with Crippen LogP contribution in [0.1, 0.15) is 51.4 Å². The Morgan fingerprint density at radius 2 is 1.91 bits per heavy atom. The molecule has 1 amide bonds. The Kier molecular flexibility index (Phi) is 7.78. The summed E-state index contributed by atoms with van der Waals surface area (Å²) in [4.78, 5) is 63.8. The molecule has 232 valence electrons. The zero-order valence-corrected chi connectivity index (χ0v) is 23.2. The minimum absolute atomic E-state index is 0.0105. The van der Waals surface area contributed by atoms with Gasteiger partial charge in [0.1, 0.15) is 42.5 Å². The molecule has 0 saturated carbocycles. The smallest absolute Gasteiger partial charge is 0.445 e. The Hall–Kier alpha value is -3.94. The van der Waals surface area contributed by atoms with E-state index in [2.05, 4.69) is 4.98 Å². The lowest BCUT2D eigenvalue weighted by Crippen LogP contribution is -2.36. The number of carbonyl (C=O) groups is 3. The Bertz CT molecular complexity index is 1670. The molecule has 4 heterocycles. The zero-order chi connectivity index (χ0) is 31.5. The Morgan fingerprint density at radius 1 is 1.21 bits per heavy atom. The molecule has 0 spiro atoms. The van der Waals surface area contributed by atoms with Gasteiger partial charge in [-0.1, -0.05) is 0 Å². The molecule has 0 radical (unpaired) electrons. The maximum absolute atomic E-state index is 13.1. The van der Waals surface area contributed by atoms with Crippen LogP contribution in [0.5, 0.6) is 0 Å². The maximum Gasteiger partial charge on any atom is 0.472 e. The number of Topliss-reactive ketones (excluding diaryl/α,β-unsaturated/α-hetero) is 2. The summed E-state index contributed by atoms with van der Waals surface area (Å²) in [6, 6.07) is 0.213. The third-order valence-corrected chi connectivity index (χ3v) is 8.33. The number of allylic oxidation sites excluding steroid dienone is 2. The van der Waals surface area contributed by atoms with Crippen LogP contribution in [0, 0.1) is 0 Å². The van der Waals surface area contributed by atoms with Gasteiger partial charge in [0.05, 0.1) is 29.6 Å². The highest BCUT2D eigenvalue weighted by molar-refractivity contribution is 7.47. The molecule has 43 heavy (non-hydrogen) atoms. The van der Waals surface area contributed by atoms with Gasteiger partial charge in [-0.05, 0) is 13.0 Å².